The van der Waals surface area contributed by atoms with Crippen molar-refractivity contribution in [2.24, 2.45) is 5.73 Å². The van der Waals surface area contributed by atoms with Crippen LogP contribution < -0.4 is 11.1 Å². The zero-order valence-corrected chi connectivity index (χ0v) is 22.9. The highest BCUT2D eigenvalue weighted by molar-refractivity contribution is 6.01. The minimum atomic E-state index is -1.03. The highest BCUT2D eigenvalue weighted by Crippen LogP contribution is 2.33. The van der Waals surface area contributed by atoms with Gasteiger partial charge in [-0.05, 0) is 72.5 Å². The normalized spacial score (nSPS) is 11.0. The molecule has 5 aromatic rings. The van der Waals surface area contributed by atoms with E-state index >= 15 is 0 Å². The standard InChI is InChI=1S/C33H31N5O3/c1-3-38-19-24(26-12-10-22(31(34)35)17-30(26)38)15-21-8-9-23(32(39)37-18-25-6-4-5-13-36-25)16-28(21)27-11-7-20(2)14-29(27)33(40)41/h4-14,16-17,19H,3,15,18H2,1-2H3,(H3,34,35)(H,37,39)(H,40,41). The molecule has 3 aromatic carbocycles. The lowest BCUT2D eigenvalue weighted by molar-refractivity contribution is 0.0697. The number of fused-ring (bicyclic) bond motifs is 1. The van der Waals surface area contributed by atoms with Crippen molar-refractivity contribution in [3.8, 4) is 11.1 Å². The number of rotatable bonds is 9. The molecule has 8 heteroatoms. The number of nitrogens with two attached hydrogens (primary N) is 1. The molecule has 0 saturated carbocycles. The molecule has 0 aliphatic rings. The van der Waals surface area contributed by atoms with E-state index in [-0.39, 0.29) is 23.9 Å². The van der Waals surface area contributed by atoms with Gasteiger partial charge in [-0.25, -0.2) is 4.79 Å². The average molecular weight is 546 g/mol. The summed E-state index contributed by atoms with van der Waals surface area (Å²) in [6, 6.07) is 22.0. The first kappa shape index (κ1) is 27.3. The largest absolute Gasteiger partial charge is 0.478 e. The topological polar surface area (TPSA) is 134 Å². The third-order valence-electron chi connectivity index (χ3n) is 7.22. The van der Waals surface area contributed by atoms with Crippen molar-refractivity contribution in [1.29, 1.82) is 5.41 Å². The number of aromatic carboxylic acids is 1. The minimum Gasteiger partial charge on any atom is -0.478 e. The molecule has 0 bridgehead atoms. The van der Waals surface area contributed by atoms with Gasteiger partial charge in [0.15, 0.2) is 0 Å². The Morgan fingerprint density at radius 2 is 1.78 bits per heavy atom. The molecular weight excluding hydrogens is 514 g/mol. The monoisotopic (exact) mass is 545 g/mol. The van der Waals surface area contributed by atoms with Crippen molar-refractivity contribution in [2.75, 3.05) is 0 Å². The lowest BCUT2D eigenvalue weighted by atomic mass is 9.89. The van der Waals surface area contributed by atoms with Gasteiger partial charge in [-0.1, -0.05) is 42.0 Å². The molecule has 5 rings (SSSR count). The van der Waals surface area contributed by atoms with Gasteiger partial charge in [0.05, 0.1) is 17.8 Å². The van der Waals surface area contributed by atoms with Crippen molar-refractivity contribution in [2.45, 2.75) is 33.4 Å². The summed E-state index contributed by atoms with van der Waals surface area (Å²) in [4.78, 5) is 29.7. The maximum absolute atomic E-state index is 13.2. The second-order valence-electron chi connectivity index (χ2n) is 9.99. The van der Waals surface area contributed by atoms with E-state index in [4.69, 9.17) is 11.1 Å². The van der Waals surface area contributed by atoms with Crippen LogP contribution in [-0.2, 0) is 19.5 Å². The highest BCUT2D eigenvalue weighted by Gasteiger charge is 2.19. The van der Waals surface area contributed by atoms with Gasteiger partial charge in [-0.15, -0.1) is 0 Å². The number of carboxylic acid groups (broad SMARTS) is 1. The maximum atomic E-state index is 13.2. The van der Waals surface area contributed by atoms with Gasteiger partial charge >= 0.3 is 5.97 Å². The number of carboxylic acids is 1. The fourth-order valence-electron chi connectivity index (χ4n) is 5.11. The molecule has 0 saturated heterocycles. The Hall–Kier alpha value is -5.24. The number of carbonyl (C=O) groups excluding carboxylic acids is 1. The molecule has 2 heterocycles. The third kappa shape index (κ3) is 5.72. The molecule has 206 valence electrons. The zero-order chi connectivity index (χ0) is 29.1. The predicted molar refractivity (Wildman–Crippen MR) is 160 cm³/mol. The first-order valence-electron chi connectivity index (χ1n) is 13.4. The maximum Gasteiger partial charge on any atom is 0.336 e. The Morgan fingerprint density at radius 3 is 2.49 bits per heavy atom. The number of aryl methyl sites for hydroxylation is 2. The molecule has 0 aliphatic heterocycles. The van der Waals surface area contributed by atoms with Crippen molar-refractivity contribution in [3.05, 3.63) is 124 Å². The van der Waals surface area contributed by atoms with Crippen LogP contribution in [0.2, 0.25) is 0 Å². The summed E-state index contributed by atoms with van der Waals surface area (Å²) in [6.07, 6.45) is 4.27. The zero-order valence-electron chi connectivity index (χ0n) is 22.9. The Morgan fingerprint density at radius 1 is 0.976 bits per heavy atom. The first-order chi connectivity index (χ1) is 19.7. The lowest BCUT2D eigenvalue weighted by Crippen LogP contribution is -2.23. The predicted octanol–water partition coefficient (Wildman–Crippen LogP) is 5.53. The Balaban J connectivity index is 1.59. The van der Waals surface area contributed by atoms with E-state index in [1.165, 1.54) is 0 Å². The molecule has 0 radical (unpaired) electrons. The molecule has 0 atom stereocenters. The van der Waals surface area contributed by atoms with Gasteiger partial charge in [0.2, 0.25) is 0 Å². The van der Waals surface area contributed by atoms with E-state index in [0.29, 0.717) is 28.7 Å². The Kier molecular flexibility index (Phi) is 7.65. The second kappa shape index (κ2) is 11.5. The van der Waals surface area contributed by atoms with Crippen LogP contribution in [0.4, 0.5) is 0 Å². The van der Waals surface area contributed by atoms with Gasteiger partial charge in [0.1, 0.15) is 5.84 Å². The SMILES string of the molecule is CCn1cc(Cc2ccc(C(=O)NCc3ccccn3)cc2-c2ccc(C)cc2C(=O)O)c2ccc(C(=N)N)cc21. The summed E-state index contributed by atoms with van der Waals surface area (Å²) >= 11 is 0. The summed E-state index contributed by atoms with van der Waals surface area (Å²) in [5.41, 5.74) is 12.7. The van der Waals surface area contributed by atoms with E-state index in [0.717, 1.165) is 39.8 Å². The van der Waals surface area contributed by atoms with E-state index < -0.39 is 5.97 Å². The van der Waals surface area contributed by atoms with E-state index in [2.05, 4.69) is 28.0 Å². The van der Waals surface area contributed by atoms with Crippen LogP contribution >= 0.6 is 0 Å². The summed E-state index contributed by atoms with van der Waals surface area (Å²) in [5, 5.41) is 21.8. The van der Waals surface area contributed by atoms with Crippen molar-refractivity contribution in [3.63, 3.8) is 0 Å². The number of hydrogen-bond donors (Lipinski definition) is 4. The van der Waals surface area contributed by atoms with Crippen LogP contribution in [0.25, 0.3) is 22.0 Å². The summed E-state index contributed by atoms with van der Waals surface area (Å²) < 4.78 is 2.12. The molecule has 2 aromatic heterocycles. The molecule has 41 heavy (non-hydrogen) atoms. The fraction of sp³-hybridized carbons (Fsp3) is 0.152. The minimum absolute atomic E-state index is 0.0112. The molecule has 1 amide bonds. The van der Waals surface area contributed by atoms with Crippen LogP contribution in [0.15, 0.2) is 85.2 Å². The Bertz CT molecular complexity index is 1790. The number of pyridine rings is 1. The number of nitrogen functional groups attached to an aromatic ring is 1. The lowest BCUT2D eigenvalue weighted by Gasteiger charge is -2.15. The van der Waals surface area contributed by atoms with Crippen LogP contribution in [0.5, 0.6) is 0 Å². The van der Waals surface area contributed by atoms with Gasteiger partial charge in [-0.2, -0.15) is 0 Å². The smallest absolute Gasteiger partial charge is 0.336 e. The molecular formula is C33H31N5O3. The quantitative estimate of drug-likeness (QED) is 0.143. The van der Waals surface area contributed by atoms with Crippen molar-refractivity contribution < 1.29 is 14.7 Å². The van der Waals surface area contributed by atoms with Crippen LogP contribution in [0.1, 0.15) is 55.6 Å². The number of nitrogens with zero attached hydrogens (tertiary/aromatic N) is 2. The summed E-state index contributed by atoms with van der Waals surface area (Å²) in [5.74, 6) is -1.29. The van der Waals surface area contributed by atoms with Gasteiger partial charge in [0.25, 0.3) is 5.91 Å². The number of amides is 1. The summed E-state index contributed by atoms with van der Waals surface area (Å²) in [6.45, 7) is 4.92. The van der Waals surface area contributed by atoms with Gasteiger partial charge < -0.3 is 20.7 Å². The van der Waals surface area contributed by atoms with E-state index in [1.54, 1.807) is 24.4 Å². The number of nitrogens with one attached hydrogen (secondary N) is 2. The summed E-state index contributed by atoms with van der Waals surface area (Å²) in [7, 11) is 0. The Labute approximate surface area is 238 Å². The average Bonchev–Trinajstić information content (AvgIpc) is 3.33. The third-order valence-corrected chi connectivity index (χ3v) is 7.22. The first-order valence-corrected chi connectivity index (χ1v) is 13.4. The molecule has 8 nitrogen and oxygen atoms in total. The molecule has 0 aliphatic carbocycles. The van der Waals surface area contributed by atoms with Gasteiger partial charge in [0, 0.05) is 47.4 Å². The molecule has 0 unspecified atom stereocenters. The van der Waals surface area contributed by atoms with Crippen molar-refractivity contribution >= 4 is 28.6 Å². The highest BCUT2D eigenvalue weighted by atomic mass is 16.4. The number of carbonyl (C=O) groups is 2. The molecule has 0 fully saturated rings. The number of hydrogen-bond acceptors (Lipinski definition) is 4. The van der Waals surface area contributed by atoms with Crippen LogP contribution in [0.3, 0.4) is 0 Å². The van der Waals surface area contributed by atoms with Crippen LogP contribution in [0, 0.1) is 12.3 Å². The molecule has 0 spiro atoms. The van der Waals surface area contributed by atoms with Gasteiger partial charge in [-0.3, -0.25) is 15.2 Å². The fourth-order valence-corrected chi connectivity index (χ4v) is 5.11. The second-order valence-corrected chi connectivity index (χ2v) is 9.99. The number of aromatic nitrogens is 2. The van der Waals surface area contributed by atoms with Crippen LogP contribution in [-0.4, -0.2) is 32.4 Å². The number of benzene rings is 3. The van der Waals surface area contributed by atoms with Crippen molar-refractivity contribution in [1.82, 2.24) is 14.9 Å². The molecule has 5 N–H and O–H groups in total. The number of amidine groups is 1. The van der Waals surface area contributed by atoms with E-state index in [1.807, 2.05) is 61.5 Å². The van der Waals surface area contributed by atoms with E-state index in [9.17, 15) is 14.7 Å².